The summed E-state index contributed by atoms with van der Waals surface area (Å²) in [6.07, 6.45) is 0. The fraction of sp³-hybridized carbons (Fsp3) is 0.333. The largest absolute Gasteiger partial charge is 0.496 e. The van der Waals surface area contributed by atoms with Gasteiger partial charge >= 0.3 is 0 Å². The number of benzene rings is 1. The Labute approximate surface area is 117 Å². The van der Waals surface area contributed by atoms with Crippen LogP contribution in [0.5, 0.6) is 5.75 Å². The van der Waals surface area contributed by atoms with Crippen molar-refractivity contribution in [3.63, 3.8) is 0 Å². The molecule has 0 bridgehead atoms. The normalized spacial score (nSPS) is 12.4. The minimum Gasteiger partial charge on any atom is -0.496 e. The molecule has 0 spiro atoms. The molecule has 0 aliphatic rings. The van der Waals surface area contributed by atoms with Crippen LogP contribution >= 0.6 is 11.3 Å². The maximum atomic E-state index is 13.7. The second-order valence-corrected chi connectivity index (χ2v) is 5.30. The van der Waals surface area contributed by atoms with E-state index in [2.05, 4.69) is 5.32 Å². The first kappa shape index (κ1) is 14.0. The van der Waals surface area contributed by atoms with Crippen LogP contribution in [0, 0.1) is 12.7 Å². The summed E-state index contributed by atoms with van der Waals surface area (Å²) in [4.78, 5) is 1.08. The number of rotatable bonds is 5. The van der Waals surface area contributed by atoms with Gasteiger partial charge in [0.25, 0.3) is 0 Å². The molecular weight excluding hydrogens is 261 g/mol. The zero-order chi connectivity index (χ0) is 13.8. The summed E-state index contributed by atoms with van der Waals surface area (Å²) in [7, 11) is 1.66. The van der Waals surface area contributed by atoms with Crippen molar-refractivity contribution in [3.05, 3.63) is 51.5 Å². The molecule has 1 aromatic carbocycles. The van der Waals surface area contributed by atoms with Gasteiger partial charge < -0.3 is 10.1 Å². The van der Waals surface area contributed by atoms with Crippen molar-refractivity contribution in [2.24, 2.45) is 0 Å². The van der Waals surface area contributed by atoms with Gasteiger partial charge in [0.1, 0.15) is 11.6 Å². The summed E-state index contributed by atoms with van der Waals surface area (Å²) in [6, 6.07) is 7.28. The molecule has 0 fully saturated rings. The summed E-state index contributed by atoms with van der Waals surface area (Å²) in [5.74, 6) is 0.674. The molecule has 102 valence electrons. The number of methoxy groups -OCH3 is 1. The van der Waals surface area contributed by atoms with Crippen LogP contribution in [0.15, 0.2) is 29.6 Å². The first-order valence-corrected chi connectivity index (χ1v) is 7.16. The highest BCUT2D eigenvalue weighted by molar-refractivity contribution is 7.10. The SMILES string of the molecule is CCNC(c1ccc(C)c(F)c1)c1sccc1OC. The number of aryl methyl sites for hydroxylation is 1. The predicted molar refractivity (Wildman–Crippen MR) is 77.5 cm³/mol. The zero-order valence-electron chi connectivity index (χ0n) is 11.4. The topological polar surface area (TPSA) is 21.3 Å². The highest BCUT2D eigenvalue weighted by atomic mass is 32.1. The van der Waals surface area contributed by atoms with Crippen molar-refractivity contribution < 1.29 is 9.13 Å². The van der Waals surface area contributed by atoms with Crippen LogP contribution < -0.4 is 10.1 Å². The number of nitrogens with one attached hydrogen (secondary N) is 1. The van der Waals surface area contributed by atoms with E-state index < -0.39 is 0 Å². The third-order valence-electron chi connectivity index (χ3n) is 3.08. The molecule has 0 radical (unpaired) electrons. The Bertz CT molecular complexity index is 553. The molecule has 19 heavy (non-hydrogen) atoms. The molecule has 1 unspecified atom stereocenters. The Balaban J connectivity index is 2.42. The molecule has 0 amide bonds. The number of hydrogen-bond acceptors (Lipinski definition) is 3. The zero-order valence-corrected chi connectivity index (χ0v) is 12.2. The maximum absolute atomic E-state index is 13.7. The van der Waals surface area contributed by atoms with Gasteiger partial charge in [0.05, 0.1) is 18.0 Å². The van der Waals surface area contributed by atoms with E-state index in [4.69, 9.17) is 4.74 Å². The van der Waals surface area contributed by atoms with Crippen molar-refractivity contribution in [1.82, 2.24) is 5.32 Å². The van der Waals surface area contributed by atoms with Crippen LogP contribution in [-0.2, 0) is 0 Å². The number of halogens is 1. The number of ether oxygens (including phenoxy) is 1. The van der Waals surface area contributed by atoms with Gasteiger partial charge in [-0.3, -0.25) is 0 Å². The summed E-state index contributed by atoms with van der Waals surface area (Å²) in [5.41, 5.74) is 1.59. The lowest BCUT2D eigenvalue weighted by Crippen LogP contribution is -2.21. The minimum absolute atomic E-state index is 0.0324. The first-order chi connectivity index (χ1) is 9.17. The summed E-state index contributed by atoms with van der Waals surface area (Å²) in [5, 5.41) is 5.38. The lowest BCUT2D eigenvalue weighted by Gasteiger charge is -2.19. The molecule has 1 atom stereocenters. The molecule has 2 nitrogen and oxygen atoms in total. The number of hydrogen-bond donors (Lipinski definition) is 1. The molecule has 0 aliphatic carbocycles. The second kappa shape index (κ2) is 6.17. The highest BCUT2D eigenvalue weighted by Gasteiger charge is 2.19. The molecule has 2 rings (SSSR count). The Hall–Kier alpha value is -1.39. The van der Waals surface area contributed by atoms with Crippen molar-refractivity contribution in [3.8, 4) is 5.75 Å². The summed E-state index contributed by atoms with van der Waals surface area (Å²) < 4.78 is 19.1. The van der Waals surface area contributed by atoms with Crippen LogP contribution in [-0.4, -0.2) is 13.7 Å². The van der Waals surface area contributed by atoms with Crippen molar-refractivity contribution in [1.29, 1.82) is 0 Å². The highest BCUT2D eigenvalue weighted by Crippen LogP contribution is 2.35. The number of thiophene rings is 1. The van der Waals surface area contributed by atoms with Crippen molar-refractivity contribution >= 4 is 11.3 Å². The van der Waals surface area contributed by atoms with E-state index in [1.807, 2.05) is 30.5 Å². The van der Waals surface area contributed by atoms with Gasteiger partial charge in [-0.05, 0) is 42.1 Å². The van der Waals surface area contributed by atoms with E-state index in [0.29, 0.717) is 5.56 Å². The van der Waals surface area contributed by atoms with Crippen LogP contribution in [0.25, 0.3) is 0 Å². The lowest BCUT2D eigenvalue weighted by molar-refractivity contribution is 0.407. The Kier molecular flexibility index (Phi) is 4.56. The van der Waals surface area contributed by atoms with E-state index in [1.54, 1.807) is 31.4 Å². The average Bonchev–Trinajstić information content (AvgIpc) is 2.87. The quantitative estimate of drug-likeness (QED) is 0.896. The first-order valence-electron chi connectivity index (χ1n) is 6.28. The van der Waals surface area contributed by atoms with Crippen LogP contribution in [0.3, 0.4) is 0 Å². The Morgan fingerprint density at radius 1 is 1.37 bits per heavy atom. The summed E-state index contributed by atoms with van der Waals surface area (Å²) >= 11 is 1.62. The second-order valence-electron chi connectivity index (χ2n) is 4.35. The van der Waals surface area contributed by atoms with Crippen LogP contribution in [0.1, 0.15) is 29.0 Å². The maximum Gasteiger partial charge on any atom is 0.134 e. The smallest absolute Gasteiger partial charge is 0.134 e. The van der Waals surface area contributed by atoms with E-state index in [9.17, 15) is 4.39 Å². The van der Waals surface area contributed by atoms with E-state index in [0.717, 1.165) is 22.7 Å². The third kappa shape index (κ3) is 2.96. The fourth-order valence-corrected chi connectivity index (χ4v) is 3.00. The summed E-state index contributed by atoms with van der Waals surface area (Å²) in [6.45, 7) is 4.62. The van der Waals surface area contributed by atoms with Gasteiger partial charge in [-0.2, -0.15) is 0 Å². The molecule has 0 saturated carbocycles. The minimum atomic E-state index is -0.170. The Morgan fingerprint density at radius 3 is 2.79 bits per heavy atom. The van der Waals surface area contributed by atoms with Gasteiger partial charge in [0.2, 0.25) is 0 Å². The molecule has 1 aromatic heterocycles. The average molecular weight is 279 g/mol. The molecule has 1 N–H and O–H groups in total. The van der Waals surface area contributed by atoms with Gasteiger partial charge in [-0.1, -0.05) is 19.1 Å². The predicted octanol–water partition coefficient (Wildman–Crippen LogP) is 3.90. The van der Waals surface area contributed by atoms with Gasteiger partial charge in [-0.25, -0.2) is 4.39 Å². The van der Waals surface area contributed by atoms with Gasteiger partial charge in [-0.15, -0.1) is 11.3 Å². The lowest BCUT2D eigenvalue weighted by atomic mass is 10.0. The van der Waals surface area contributed by atoms with E-state index >= 15 is 0 Å². The Morgan fingerprint density at radius 2 is 2.16 bits per heavy atom. The molecule has 0 saturated heterocycles. The van der Waals surface area contributed by atoms with Crippen molar-refractivity contribution in [2.45, 2.75) is 19.9 Å². The standard InChI is InChI=1S/C15H18FNOS/c1-4-17-14(15-13(18-3)7-8-19-15)11-6-5-10(2)12(16)9-11/h5-9,14,17H,4H2,1-3H3. The van der Waals surface area contributed by atoms with E-state index in [1.165, 1.54) is 0 Å². The molecule has 2 aromatic rings. The molecule has 0 aliphatic heterocycles. The van der Waals surface area contributed by atoms with E-state index in [-0.39, 0.29) is 11.9 Å². The van der Waals surface area contributed by atoms with Crippen LogP contribution in [0.2, 0.25) is 0 Å². The molecular formula is C15H18FNOS. The van der Waals surface area contributed by atoms with Gasteiger partial charge in [0, 0.05) is 0 Å². The fourth-order valence-electron chi connectivity index (χ4n) is 2.04. The molecule has 4 heteroatoms. The van der Waals surface area contributed by atoms with Crippen molar-refractivity contribution in [2.75, 3.05) is 13.7 Å². The van der Waals surface area contributed by atoms with Gasteiger partial charge in [0.15, 0.2) is 0 Å². The molecule has 1 heterocycles. The monoisotopic (exact) mass is 279 g/mol. The van der Waals surface area contributed by atoms with Crippen LogP contribution in [0.4, 0.5) is 4.39 Å². The third-order valence-corrected chi connectivity index (χ3v) is 4.04.